The number of nitrogens with two attached hydrogens (primary N) is 2. The van der Waals surface area contributed by atoms with Crippen LogP contribution < -0.4 is 11.5 Å². The molecule has 2 atom stereocenters. The normalized spacial score (nSPS) is 26.1. The summed E-state index contributed by atoms with van der Waals surface area (Å²) in [5.41, 5.74) is 11.2. The van der Waals surface area contributed by atoms with Crippen molar-refractivity contribution in [2.45, 2.75) is 25.7 Å². The zero-order valence-electron chi connectivity index (χ0n) is 8.35. The smallest absolute Gasteiger partial charge is 0.450 e. The Hall–Kier alpha value is -0.810. The van der Waals surface area contributed by atoms with E-state index in [-0.39, 0.29) is 0 Å². The predicted octanol–water partition coefficient (Wildman–Crippen LogP) is 0.933. The van der Waals surface area contributed by atoms with Gasteiger partial charge in [-0.3, -0.25) is 0 Å². The highest BCUT2D eigenvalue weighted by atomic mass is 16.6. The molecule has 6 N–H and O–H groups in total. The fourth-order valence-electron chi connectivity index (χ4n) is 1.91. The van der Waals surface area contributed by atoms with E-state index >= 15 is 0 Å². The Bertz CT molecular complexity index is 148. The van der Waals surface area contributed by atoms with Gasteiger partial charge in [-0.2, -0.15) is 0 Å². The third-order valence-corrected chi connectivity index (χ3v) is 2.67. The van der Waals surface area contributed by atoms with Gasteiger partial charge < -0.3 is 21.7 Å². The molecule has 1 rings (SSSR count). The molecule has 0 saturated heterocycles. The van der Waals surface area contributed by atoms with Crippen molar-refractivity contribution in [1.82, 2.24) is 0 Å². The Morgan fingerprint density at radius 3 is 1.57 bits per heavy atom. The lowest BCUT2D eigenvalue weighted by atomic mass is 9.79. The van der Waals surface area contributed by atoms with Gasteiger partial charge >= 0.3 is 6.16 Å². The minimum Gasteiger partial charge on any atom is -0.450 e. The molecule has 1 fully saturated rings. The van der Waals surface area contributed by atoms with Gasteiger partial charge in [-0.15, -0.1) is 0 Å². The van der Waals surface area contributed by atoms with Crippen molar-refractivity contribution in [3.05, 3.63) is 0 Å². The van der Waals surface area contributed by atoms with Gasteiger partial charge in [0.1, 0.15) is 0 Å². The lowest BCUT2D eigenvalue weighted by Crippen LogP contribution is -2.31. The van der Waals surface area contributed by atoms with E-state index in [0.717, 1.165) is 24.9 Å². The Balaban J connectivity index is 0.000000364. The molecule has 84 valence electrons. The van der Waals surface area contributed by atoms with Gasteiger partial charge in [0, 0.05) is 0 Å². The molecular formula is C9H20N2O3. The molecule has 1 saturated carbocycles. The maximum absolute atomic E-state index is 8.56. The number of carboxylic acid groups (broad SMARTS) is 2. The zero-order chi connectivity index (χ0) is 11.0. The molecule has 0 aromatic rings. The molecule has 0 amide bonds. The van der Waals surface area contributed by atoms with Crippen molar-refractivity contribution in [2.75, 3.05) is 13.1 Å². The summed E-state index contributed by atoms with van der Waals surface area (Å²) in [5.74, 6) is 1.44. The molecule has 2 unspecified atom stereocenters. The predicted molar refractivity (Wildman–Crippen MR) is 54.2 cm³/mol. The van der Waals surface area contributed by atoms with Crippen LogP contribution in [0.15, 0.2) is 0 Å². The largest absolute Gasteiger partial charge is 0.503 e. The van der Waals surface area contributed by atoms with E-state index in [1.54, 1.807) is 0 Å². The summed E-state index contributed by atoms with van der Waals surface area (Å²) in [6, 6.07) is 0. The van der Waals surface area contributed by atoms with Gasteiger partial charge in [-0.1, -0.05) is 12.8 Å². The van der Waals surface area contributed by atoms with Crippen LogP contribution >= 0.6 is 0 Å². The molecule has 14 heavy (non-hydrogen) atoms. The van der Waals surface area contributed by atoms with Crippen LogP contribution in [-0.4, -0.2) is 29.5 Å². The standard InChI is InChI=1S/C8H18N2.CH2O3/c9-5-7-3-1-2-4-8(7)6-10;2-1(3)4/h7-8H,1-6,9-10H2;(H2,2,3,4). The second-order valence-electron chi connectivity index (χ2n) is 3.56. The molecule has 0 aromatic heterocycles. The molecule has 1 aliphatic carbocycles. The molecule has 0 heterocycles. The number of rotatable bonds is 2. The van der Waals surface area contributed by atoms with Crippen LogP contribution in [0.5, 0.6) is 0 Å². The number of hydrogen-bond donors (Lipinski definition) is 4. The third-order valence-electron chi connectivity index (χ3n) is 2.67. The molecule has 5 heteroatoms. The molecule has 5 nitrogen and oxygen atoms in total. The zero-order valence-corrected chi connectivity index (χ0v) is 8.35. The van der Waals surface area contributed by atoms with Crippen LogP contribution in [0.4, 0.5) is 4.79 Å². The first kappa shape index (κ1) is 13.2. The van der Waals surface area contributed by atoms with Gasteiger partial charge in [0.2, 0.25) is 0 Å². The lowest BCUT2D eigenvalue weighted by Gasteiger charge is -2.29. The fourth-order valence-corrected chi connectivity index (χ4v) is 1.91. The van der Waals surface area contributed by atoms with Crippen molar-refractivity contribution in [1.29, 1.82) is 0 Å². The molecule has 0 radical (unpaired) electrons. The first-order valence-electron chi connectivity index (χ1n) is 4.93. The van der Waals surface area contributed by atoms with Gasteiger partial charge in [0.05, 0.1) is 0 Å². The molecule has 0 aromatic carbocycles. The van der Waals surface area contributed by atoms with Crippen LogP contribution in [0, 0.1) is 11.8 Å². The van der Waals surface area contributed by atoms with E-state index in [1.807, 2.05) is 0 Å². The van der Waals surface area contributed by atoms with Crippen LogP contribution in [0.1, 0.15) is 25.7 Å². The van der Waals surface area contributed by atoms with E-state index in [1.165, 1.54) is 25.7 Å². The number of carbonyl (C=O) groups is 1. The summed E-state index contributed by atoms with van der Waals surface area (Å²) in [4.78, 5) is 8.56. The summed E-state index contributed by atoms with van der Waals surface area (Å²) in [7, 11) is 0. The van der Waals surface area contributed by atoms with Crippen molar-refractivity contribution >= 4 is 6.16 Å². The van der Waals surface area contributed by atoms with Crippen molar-refractivity contribution in [2.24, 2.45) is 23.3 Å². The maximum atomic E-state index is 8.56. The first-order valence-corrected chi connectivity index (χ1v) is 4.93. The van der Waals surface area contributed by atoms with Crippen LogP contribution in [0.3, 0.4) is 0 Å². The van der Waals surface area contributed by atoms with E-state index in [9.17, 15) is 0 Å². The number of hydrogen-bond acceptors (Lipinski definition) is 3. The van der Waals surface area contributed by atoms with Crippen LogP contribution in [0.2, 0.25) is 0 Å². The molecule has 1 aliphatic rings. The Kier molecular flexibility index (Phi) is 7.14. The Labute approximate surface area is 84.1 Å². The molecule has 0 spiro atoms. The monoisotopic (exact) mass is 204 g/mol. The van der Waals surface area contributed by atoms with Gasteiger partial charge in [0.15, 0.2) is 0 Å². The molecule has 0 aliphatic heterocycles. The second-order valence-corrected chi connectivity index (χ2v) is 3.56. The summed E-state index contributed by atoms with van der Waals surface area (Å²) in [5, 5.41) is 13.9. The minimum absolute atomic E-state index is 0.721. The average Bonchev–Trinajstić information content (AvgIpc) is 2.17. The molecule has 0 bridgehead atoms. The van der Waals surface area contributed by atoms with Crippen LogP contribution in [-0.2, 0) is 0 Å². The summed E-state index contributed by atoms with van der Waals surface area (Å²) in [6.45, 7) is 1.67. The van der Waals surface area contributed by atoms with Crippen molar-refractivity contribution < 1.29 is 15.0 Å². The van der Waals surface area contributed by atoms with E-state index in [2.05, 4.69) is 0 Å². The van der Waals surface area contributed by atoms with E-state index in [4.69, 9.17) is 26.5 Å². The van der Waals surface area contributed by atoms with Crippen LogP contribution in [0.25, 0.3) is 0 Å². The minimum atomic E-state index is -1.83. The topological polar surface area (TPSA) is 110 Å². The maximum Gasteiger partial charge on any atom is 0.503 e. The summed E-state index contributed by atoms with van der Waals surface area (Å²) < 4.78 is 0. The Morgan fingerprint density at radius 2 is 1.36 bits per heavy atom. The summed E-state index contributed by atoms with van der Waals surface area (Å²) >= 11 is 0. The summed E-state index contributed by atoms with van der Waals surface area (Å²) in [6.07, 6.45) is 3.49. The van der Waals surface area contributed by atoms with Gasteiger partial charge in [0.25, 0.3) is 0 Å². The van der Waals surface area contributed by atoms with E-state index in [0.29, 0.717) is 0 Å². The SMILES string of the molecule is NCC1CCCCC1CN.O=C(O)O. The Morgan fingerprint density at radius 1 is 1.07 bits per heavy atom. The van der Waals surface area contributed by atoms with Crippen molar-refractivity contribution in [3.8, 4) is 0 Å². The highest BCUT2D eigenvalue weighted by molar-refractivity contribution is 5.53. The third kappa shape index (κ3) is 5.77. The van der Waals surface area contributed by atoms with E-state index < -0.39 is 6.16 Å². The second kappa shape index (κ2) is 7.58. The quantitative estimate of drug-likeness (QED) is 0.535. The van der Waals surface area contributed by atoms with Gasteiger partial charge in [-0.25, -0.2) is 4.79 Å². The highest BCUT2D eigenvalue weighted by Crippen LogP contribution is 2.27. The fraction of sp³-hybridized carbons (Fsp3) is 0.889. The van der Waals surface area contributed by atoms with Gasteiger partial charge in [-0.05, 0) is 37.8 Å². The van der Waals surface area contributed by atoms with Crippen molar-refractivity contribution in [3.63, 3.8) is 0 Å². The first-order chi connectivity index (χ1) is 6.61. The molecular weight excluding hydrogens is 184 g/mol. The highest BCUT2D eigenvalue weighted by Gasteiger charge is 2.21. The average molecular weight is 204 g/mol. The lowest BCUT2D eigenvalue weighted by molar-refractivity contribution is 0.137.